The molecule has 0 saturated carbocycles. The van der Waals surface area contributed by atoms with E-state index in [0.717, 1.165) is 12.0 Å². The first kappa shape index (κ1) is 16.6. The minimum Gasteiger partial charge on any atom is -0.338 e. The summed E-state index contributed by atoms with van der Waals surface area (Å²) in [5.41, 5.74) is 2.76. The van der Waals surface area contributed by atoms with Crippen LogP contribution in [0.1, 0.15) is 34.0 Å². The van der Waals surface area contributed by atoms with Crippen LogP contribution in [0.2, 0.25) is 0 Å². The third-order valence-electron chi connectivity index (χ3n) is 4.95. The first-order chi connectivity index (χ1) is 12.5. The average molecular weight is 352 g/mol. The second-order valence-corrected chi connectivity index (χ2v) is 6.76. The molecule has 0 N–H and O–H groups in total. The number of pyridine rings is 1. The zero-order chi connectivity index (χ0) is 18.3. The van der Waals surface area contributed by atoms with Gasteiger partial charge in [0.15, 0.2) is 0 Å². The van der Waals surface area contributed by atoms with Gasteiger partial charge in [0.2, 0.25) is 0 Å². The molecular formula is C21H18F2N2O. The highest BCUT2D eigenvalue weighted by Crippen LogP contribution is 2.30. The number of benzene rings is 2. The predicted molar refractivity (Wildman–Crippen MR) is 96.1 cm³/mol. The minimum atomic E-state index is -0.369. The fraction of sp³-hybridized carbons (Fsp3) is 0.238. The number of amides is 1. The van der Waals surface area contributed by atoms with E-state index in [0.29, 0.717) is 35.2 Å². The van der Waals surface area contributed by atoms with Crippen LogP contribution in [0.3, 0.4) is 0 Å². The maximum absolute atomic E-state index is 13.5. The summed E-state index contributed by atoms with van der Waals surface area (Å²) in [5, 5.41) is 0.659. The lowest BCUT2D eigenvalue weighted by molar-refractivity contribution is 0.0792. The van der Waals surface area contributed by atoms with Crippen LogP contribution >= 0.6 is 0 Å². The van der Waals surface area contributed by atoms with Crippen LogP contribution in [0.25, 0.3) is 10.9 Å². The van der Waals surface area contributed by atoms with E-state index in [4.69, 9.17) is 0 Å². The molecule has 0 radical (unpaired) electrons. The number of nitrogens with zero attached hydrogens (tertiary/aromatic N) is 2. The van der Waals surface area contributed by atoms with Gasteiger partial charge in [-0.3, -0.25) is 9.78 Å². The van der Waals surface area contributed by atoms with Gasteiger partial charge < -0.3 is 4.90 Å². The van der Waals surface area contributed by atoms with E-state index in [9.17, 15) is 13.6 Å². The number of halogens is 2. The Morgan fingerprint density at radius 1 is 1.08 bits per heavy atom. The van der Waals surface area contributed by atoms with Crippen LogP contribution in [0, 0.1) is 18.6 Å². The Kier molecular flexibility index (Phi) is 4.15. The quantitative estimate of drug-likeness (QED) is 0.683. The molecule has 0 bridgehead atoms. The number of hydrogen-bond acceptors (Lipinski definition) is 2. The highest BCUT2D eigenvalue weighted by Gasteiger charge is 2.29. The lowest BCUT2D eigenvalue weighted by Gasteiger charge is -2.18. The molecule has 26 heavy (non-hydrogen) atoms. The second-order valence-electron chi connectivity index (χ2n) is 6.76. The Balaban J connectivity index is 1.62. The number of aryl methyl sites for hydroxylation is 1. The molecule has 4 rings (SSSR count). The maximum atomic E-state index is 13.5. The minimum absolute atomic E-state index is 0.0725. The Morgan fingerprint density at radius 2 is 1.81 bits per heavy atom. The summed E-state index contributed by atoms with van der Waals surface area (Å²) in [7, 11) is 0. The van der Waals surface area contributed by atoms with Gasteiger partial charge in [0.05, 0.1) is 11.1 Å². The smallest absolute Gasteiger partial charge is 0.254 e. The van der Waals surface area contributed by atoms with Gasteiger partial charge >= 0.3 is 0 Å². The Labute approximate surface area is 150 Å². The molecule has 3 nitrogen and oxygen atoms in total. The highest BCUT2D eigenvalue weighted by molar-refractivity contribution is 6.06. The molecule has 3 aromatic rings. The summed E-state index contributed by atoms with van der Waals surface area (Å²) in [6, 6.07) is 12.5. The average Bonchev–Trinajstić information content (AvgIpc) is 3.10. The summed E-state index contributed by atoms with van der Waals surface area (Å²) in [6.45, 7) is 3.03. The fourth-order valence-corrected chi connectivity index (χ4v) is 3.63. The fourth-order valence-electron chi connectivity index (χ4n) is 3.63. The van der Waals surface area contributed by atoms with Gasteiger partial charge in [0.1, 0.15) is 11.6 Å². The molecule has 1 atom stereocenters. The maximum Gasteiger partial charge on any atom is 0.254 e. The monoisotopic (exact) mass is 352 g/mol. The largest absolute Gasteiger partial charge is 0.338 e. The summed E-state index contributed by atoms with van der Waals surface area (Å²) in [5.74, 6) is -0.500. The summed E-state index contributed by atoms with van der Waals surface area (Å²) in [4.78, 5) is 19.2. The highest BCUT2D eigenvalue weighted by atomic mass is 19.1. The van der Waals surface area contributed by atoms with E-state index in [-0.39, 0.29) is 23.5 Å². The molecule has 0 spiro atoms. The van der Waals surface area contributed by atoms with Crippen molar-refractivity contribution < 1.29 is 13.6 Å². The number of likely N-dealkylation sites (tertiary alicyclic amines) is 1. The molecule has 1 aliphatic heterocycles. The van der Waals surface area contributed by atoms with Gasteiger partial charge in [-0.25, -0.2) is 8.78 Å². The van der Waals surface area contributed by atoms with Gasteiger partial charge in [-0.05, 0) is 49.2 Å². The number of hydrogen-bond donors (Lipinski definition) is 0. The predicted octanol–water partition coefficient (Wildman–Crippen LogP) is 4.45. The molecule has 5 heteroatoms. The molecule has 0 unspecified atom stereocenters. The molecule has 132 valence electrons. The van der Waals surface area contributed by atoms with Crippen molar-refractivity contribution >= 4 is 16.8 Å². The van der Waals surface area contributed by atoms with Crippen molar-refractivity contribution in [1.29, 1.82) is 0 Å². The van der Waals surface area contributed by atoms with Crippen LogP contribution in [-0.4, -0.2) is 28.9 Å². The van der Waals surface area contributed by atoms with Crippen molar-refractivity contribution in [2.24, 2.45) is 0 Å². The lowest BCUT2D eigenvalue weighted by atomic mass is 9.98. The molecule has 0 aliphatic carbocycles. The molecule has 1 saturated heterocycles. The molecular weight excluding hydrogens is 334 g/mol. The first-order valence-electron chi connectivity index (χ1n) is 8.63. The molecule has 2 heterocycles. The van der Waals surface area contributed by atoms with E-state index in [2.05, 4.69) is 4.98 Å². The number of aromatic nitrogens is 1. The number of fused-ring (bicyclic) bond motifs is 1. The van der Waals surface area contributed by atoms with E-state index < -0.39 is 0 Å². The normalized spacial score (nSPS) is 17.0. The van der Waals surface area contributed by atoms with Crippen LogP contribution < -0.4 is 0 Å². The Bertz CT molecular complexity index is 980. The molecule has 1 fully saturated rings. The van der Waals surface area contributed by atoms with Crippen molar-refractivity contribution in [2.75, 3.05) is 13.1 Å². The van der Waals surface area contributed by atoms with Crippen LogP contribution in [-0.2, 0) is 0 Å². The zero-order valence-electron chi connectivity index (χ0n) is 14.4. The topological polar surface area (TPSA) is 33.2 Å². The zero-order valence-corrected chi connectivity index (χ0v) is 14.4. The molecule has 1 aromatic heterocycles. The summed E-state index contributed by atoms with van der Waals surface area (Å²) >= 11 is 0. The van der Waals surface area contributed by atoms with E-state index in [1.165, 1.54) is 24.3 Å². The first-order valence-corrected chi connectivity index (χ1v) is 8.63. The van der Waals surface area contributed by atoms with E-state index in [1.807, 2.05) is 4.90 Å². The van der Waals surface area contributed by atoms with Crippen molar-refractivity contribution in [1.82, 2.24) is 9.88 Å². The van der Waals surface area contributed by atoms with E-state index in [1.54, 1.807) is 31.2 Å². The Hall–Kier alpha value is -2.82. The van der Waals surface area contributed by atoms with Gasteiger partial charge in [0.25, 0.3) is 5.91 Å². The number of rotatable bonds is 2. The van der Waals surface area contributed by atoms with Crippen LogP contribution in [0.5, 0.6) is 0 Å². The number of carbonyl (C=O) groups excluding carboxylic acids is 1. The van der Waals surface area contributed by atoms with Gasteiger partial charge in [-0.2, -0.15) is 0 Å². The summed E-state index contributed by atoms with van der Waals surface area (Å²) < 4.78 is 26.6. The Morgan fingerprint density at radius 3 is 2.58 bits per heavy atom. The lowest BCUT2D eigenvalue weighted by Crippen LogP contribution is -2.28. The molecule has 1 amide bonds. The van der Waals surface area contributed by atoms with Gasteiger partial charge in [-0.15, -0.1) is 0 Å². The third-order valence-corrected chi connectivity index (χ3v) is 4.95. The van der Waals surface area contributed by atoms with Gasteiger partial charge in [-0.1, -0.05) is 12.1 Å². The second kappa shape index (κ2) is 6.48. The summed E-state index contributed by atoms with van der Waals surface area (Å²) in [6.07, 6.45) is 0.841. The van der Waals surface area contributed by atoms with Crippen molar-refractivity contribution in [2.45, 2.75) is 19.3 Å². The van der Waals surface area contributed by atoms with Crippen molar-refractivity contribution in [3.05, 3.63) is 77.0 Å². The number of carbonyl (C=O) groups is 1. The van der Waals surface area contributed by atoms with E-state index >= 15 is 0 Å². The third kappa shape index (κ3) is 3.05. The molecule has 1 aliphatic rings. The molecule has 2 aromatic carbocycles. The standard InChI is InChI=1S/C21H18F2N2O/c1-13-10-19(18-7-6-17(23)11-20(18)24-13)21(26)25-9-8-15(12-25)14-2-4-16(22)5-3-14/h2-7,10-11,15H,8-9,12H2,1H3/t15-/m1/s1. The van der Waals surface area contributed by atoms with Crippen LogP contribution in [0.4, 0.5) is 8.78 Å². The van der Waals surface area contributed by atoms with Crippen LogP contribution in [0.15, 0.2) is 48.5 Å². The van der Waals surface area contributed by atoms with Crippen molar-refractivity contribution in [3.63, 3.8) is 0 Å². The van der Waals surface area contributed by atoms with Crippen molar-refractivity contribution in [3.8, 4) is 0 Å². The SMILES string of the molecule is Cc1cc(C(=O)N2CC[C@@H](c3ccc(F)cc3)C2)c2ccc(F)cc2n1. The van der Waals surface area contributed by atoms with Gasteiger partial charge in [0, 0.05) is 36.2 Å².